The summed E-state index contributed by atoms with van der Waals surface area (Å²) in [5.41, 5.74) is 3.65. The lowest BCUT2D eigenvalue weighted by Gasteiger charge is -2.31. The number of rotatable bonds is 12. The van der Waals surface area contributed by atoms with Gasteiger partial charge < -0.3 is 0 Å². The minimum Gasteiger partial charge on any atom is -0.103 e. The van der Waals surface area contributed by atoms with Crippen LogP contribution in [0.25, 0.3) is 0 Å². The second-order valence-corrected chi connectivity index (χ2v) is 6.29. The van der Waals surface area contributed by atoms with Crippen molar-refractivity contribution in [3.8, 4) is 0 Å². The molecule has 0 radical (unpaired) electrons. The van der Waals surface area contributed by atoms with Gasteiger partial charge in [-0.3, -0.25) is 0 Å². The van der Waals surface area contributed by atoms with E-state index in [0.717, 1.165) is 5.92 Å². The highest BCUT2D eigenvalue weighted by molar-refractivity contribution is 5.27. The molecule has 110 valence electrons. The van der Waals surface area contributed by atoms with Crippen LogP contribution in [0.15, 0.2) is 23.8 Å². The molecule has 0 saturated heterocycles. The second-order valence-electron chi connectivity index (χ2n) is 6.29. The Kier molecular flexibility index (Phi) is 8.95. The summed E-state index contributed by atoms with van der Waals surface area (Å²) in [4.78, 5) is 0. The monoisotopic (exact) mass is 262 g/mol. The predicted octanol–water partition coefficient (Wildman–Crippen LogP) is 6.82. The maximum absolute atomic E-state index is 3.77. The van der Waals surface area contributed by atoms with Crippen molar-refractivity contribution < 1.29 is 0 Å². The predicted molar refractivity (Wildman–Crippen MR) is 87.5 cm³/mol. The average Bonchev–Trinajstić information content (AvgIpc) is 2.40. The van der Waals surface area contributed by atoms with Crippen LogP contribution in [-0.4, -0.2) is 0 Å². The van der Waals surface area contributed by atoms with Crippen LogP contribution in [0.5, 0.6) is 0 Å². The van der Waals surface area contributed by atoms with E-state index in [9.17, 15) is 0 Å². The van der Waals surface area contributed by atoms with Crippen molar-refractivity contribution in [3.63, 3.8) is 0 Å². The molecule has 0 aromatic heterocycles. The molecule has 19 heavy (non-hydrogen) atoms. The van der Waals surface area contributed by atoms with E-state index in [1.165, 1.54) is 77.0 Å². The molecule has 0 nitrogen and oxygen atoms in total. The Labute approximate surface area is 121 Å². The van der Waals surface area contributed by atoms with Crippen LogP contribution in [0.2, 0.25) is 0 Å². The SMILES string of the molecule is C=CCCCCCCCCC1=C(CCCC)C(C)C1. The summed E-state index contributed by atoms with van der Waals surface area (Å²) in [5, 5.41) is 0. The zero-order valence-electron chi connectivity index (χ0n) is 13.3. The molecule has 0 spiro atoms. The van der Waals surface area contributed by atoms with Crippen LogP contribution >= 0.6 is 0 Å². The molecule has 0 heterocycles. The Balaban J connectivity index is 2.02. The van der Waals surface area contributed by atoms with E-state index in [0.29, 0.717) is 0 Å². The fourth-order valence-electron chi connectivity index (χ4n) is 3.23. The van der Waals surface area contributed by atoms with Gasteiger partial charge in [-0.15, -0.1) is 6.58 Å². The number of hydrogen-bond donors (Lipinski definition) is 0. The third kappa shape index (κ3) is 6.45. The highest BCUT2D eigenvalue weighted by atomic mass is 14.3. The van der Waals surface area contributed by atoms with E-state index in [2.05, 4.69) is 20.4 Å². The minimum atomic E-state index is 0.903. The molecule has 0 heteroatoms. The first kappa shape index (κ1) is 16.5. The van der Waals surface area contributed by atoms with Crippen LogP contribution in [0.3, 0.4) is 0 Å². The normalized spacial score (nSPS) is 18.5. The molecular weight excluding hydrogens is 228 g/mol. The Morgan fingerprint density at radius 1 is 1.00 bits per heavy atom. The Morgan fingerprint density at radius 2 is 1.68 bits per heavy atom. The number of hydrogen-bond acceptors (Lipinski definition) is 0. The summed E-state index contributed by atoms with van der Waals surface area (Å²) in [6, 6.07) is 0. The van der Waals surface area contributed by atoms with Gasteiger partial charge >= 0.3 is 0 Å². The van der Waals surface area contributed by atoms with Crippen molar-refractivity contribution in [3.05, 3.63) is 23.8 Å². The maximum atomic E-state index is 3.77. The molecule has 0 aromatic rings. The lowest BCUT2D eigenvalue weighted by Crippen LogP contribution is -2.15. The van der Waals surface area contributed by atoms with Crippen LogP contribution < -0.4 is 0 Å². The molecular formula is C19H34. The van der Waals surface area contributed by atoms with Gasteiger partial charge in [-0.25, -0.2) is 0 Å². The third-order valence-corrected chi connectivity index (χ3v) is 4.54. The molecule has 1 rings (SSSR count). The van der Waals surface area contributed by atoms with Gasteiger partial charge in [0, 0.05) is 0 Å². The summed E-state index contributed by atoms with van der Waals surface area (Å²) in [6.45, 7) is 8.48. The summed E-state index contributed by atoms with van der Waals surface area (Å²) in [7, 11) is 0. The maximum Gasteiger partial charge on any atom is -0.0192 e. The minimum absolute atomic E-state index is 0.903. The van der Waals surface area contributed by atoms with Gasteiger partial charge in [-0.1, -0.05) is 63.2 Å². The zero-order valence-corrected chi connectivity index (χ0v) is 13.3. The summed E-state index contributed by atoms with van der Waals surface area (Å²) in [6.07, 6.45) is 18.6. The first-order chi connectivity index (χ1) is 9.29. The van der Waals surface area contributed by atoms with Gasteiger partial charge in [0.1, 0.15) is 0 Å². The van der Waals surface area contributed by atoms with Gasteiger partial charge in [0.25, 0.3) is 0 Å². The number of allylic oxidation sites excluding steroid dienone is 3. The van der Waals surface area contributed by atoms with Gasteiger partial charge in [0.15, 0.2) is 0 Å². The molecule has 0 saturated carbocycles. The molecule has 1 aliphatic rings. The van der Waals surface area contributed by atoms with Gasteiger partial charge in [-0.2, -0.15) is 0 Å². The smallest absolute Gasteiger partial charge is 0.0192 e. The van der Waals surface area contributed by atoms with E-state index in [-0.39, 0.29) is 0 Å². The summed E-state index contributed by atoms with van der Waals surface area (Å²) < 4.78 is 0. The number of unbranched alkanes of at least 4 members (excludes halogenated alkanes) is 7. The lowest BCUT2D eigenvalue weighted by atomic mass is 9.74. The average molecular weight is 262 g/mol. The van der Waals surface area contributed by atoms with Crippen LogP contribution in [0, 0.1) is 5.92 Å². The first-order valence-corrected chi connectivity index (χ1v) is 8.61. The Hall–Kier alpha value is -0.520. The molecule has 0 aliphatic heterocycles. The zero-order chi connectivity index (χ0) is 13.9. The van der Waals surface area contributed by atoms with E-state index >= 15 is 0 Å². The van der Waals surface area contributed by atoms with Crippen molar-refractivity contribution in [1.29, 1.82) is 0 Å². The van der Waals surface area contributed by atoms with Crippen molar-refractivity contribution in [2.75, 3.05) is 0 Å². The summed E-state index contributed by atoms with van der Waals surface area (Å²) >= 11 is 0. The first-order valence-electron chi connectivity index (χ1n) is 8.61. The van der Waals surface area contributed by atoms with Crippen molar-refractivity contribution >= 4 is 0 Å². The molecule has 0 bridgehead atoms. The van der Waals surface area contributed by atoms with Crippen LogP contribution in [-0.2, 0) is 0 Å². The second kappa shape index (κ2) is 10.3. The van der Waals surface area contributed by atoms with Gasteiger partial charge in [0.05, 0.1) is 0 Å². The van der Waals surface area contributed by atoms with Gasteiger partial charge in [0.2, 0.25) is 0 Å². The summed E-state index contributed by atoms with van der Waals surface area (Å²) in [5.74, 6) is 0.903. The Morgan fingerprint density at radius 3 is 2.32 bits per heavy atom. The van der Waals surface area contributed by atoms with Crippen LogP contribution in [0.4, 0.5) is 0 Å². The molecule has 1 unspecified atom stereocenters. The highest BCUT2D eigenvalue weighted by Gasteiger charge is 2.23. The fourth-order valence-corrected chi connectivity index (χ4v) is 3.23. The van der Waals surface area contributed by atoms with Crippen molar-refractivity contribution in [2.24, 2.45) is 5.92 Å². The molecule has 0 amide bonds. The van der Waals surface area contributed by atoms with Crippen LogP contribution in [0.1, 0.15) is 90.9 Å². The third-order valence-electron chi connectivity index (χ3n) is 4.54. The molecule has 0 fully saturated rings. The Bertz CT molecular complexity index is 272. The van der Waals surface area contributed by atoms with E-state index in [1.807, 2.05) is 17.2 Å². The highest BCUT2D eigenvalue weighted by Crippen LogP contribution is 2.40. The van der Waals surface area contributed by atoms with Crippen molar-refractivity contribution in [1.82, 2.24) is 0 Å². The van der Waals surface area contributed by atoms with E-state index in [4.69, 9.17) is 0 Å². The standard InChI is InChI=1S/C19H34/c1-4-6-8-9-10-11-12-13-14-18-16-17(3)19(18)15-7-5-2/h4,17H,1,5-16H2,2-3H3. The van der Waals surface area contributed by atoms with E-state index in [1.54, 1.807) is 0 Å². The molecule has 0 aromatic carbocycles. The topological polar surface area (TPSA) is 0 Å². The van der Waals surface area contributed by atoms with Gasteiger partial charge in [-0.05, 0) is 50.9 Å². The largest absolute Gasteiger partial charge is 0.103 e. The fraction of sp³-hybridized carbons (Fsp3) is 0.789. The quantitative estimate of drug-likeness (QED) is 0.267. The lowest BCUT2D eigenvalue weighted by molar-refractivity contribution is 0.503. The molecule has 0 N–H and O–H groups in total. The molecule has 1 atom stereocenters. The van der Waals surface area contributed by atoms with Crippen molar-refractivity contribution in [2.45, 2.75) is 90.9 Å². The molecule has 1 aliphatic carbocycles. The van der Waals surface area contributed by atoms with E-state index < -0.39 is 0 Å².